The van der Waals surface area contributed by atoms with E-state index in [0.29, 0.717) is 18.0 Å². The highest BCUT2D eigenvalue weighted by Crippen LogP contribution is 2.32. The molecule has 94 valence electrons. The first kappa shape index (κ1) is 11.3. The molecular weight excluding hydrogens is 228 g/mol. The fraction of sp³-hybridized carbons (Fsp3) is 0.357. The van der Waals surface area contributed by atoms with Crippen LogP contribution >= 0.6 is 0 Å². The molecule has 1 aromatic heterocycles. The van der Waals surface area contributed by atoms with E-state index in [1.165, 1.54) is 0 Å². The second-order valence-electron chi connectivity index (χ2n) is 4.89. The smallest absolute Gasteiger partial charge is 0.251 e. The first-order valence-corrected chi connectivity index (χ1v) is 6.27. The molecule has 0 saturated heterocycles. The Hall–Kier alpha value is -1.81. The number of aliphatic hydroxyl groups excluding tert-OH is 1. The quantitative estimate of drug-likeness (QED) is 0.766. The summed E-state index contributed by atoms with van der Waals surface area (Å²) in [5, 5.41) is 13.5. The molecule has 1 aliphatic carbocycles. The maximum atomic E-state index is 11.9. The number of rotatable bonds is 4. The summed E-state index contributed by atoms with van der Waals surface area (Å²) in [6, 6.07) is 7.47. The van der Waals surface area contributed by atoms with Gasteiger partial charge in [-0.1, -0.05) is 0 Å². The summed E-state index contributed by atoms with van der Waals surface area (Å²) in [6.45, 7) is 0.342. The van der Waals surface area contributed by atoms with E-state index in [1.807, 2.05) is 24.4 Å². The highest BCUT2D eigenvalue weighted by Gasteiger charge is 2.29. The Balaban J connectivity index is 1.66. The number of benzene rings is 1. The van der Waals surface area contributed by atoms with E-state index in [9.17, 15) is 9.90 Å². The summed E-state index contributed by atoms with van der Waals surface area (Å²) in [4.78, 5) is 15.0. The molecule has 0 radical (unpaired) electrons. The van der Waals surface area contributed by atoms with E-state index in [1.54, 1.807) is 6.07 Å². The van der Waals surface area contributed by atoms with Gasteiger partial charge in [0.1, 0.15) is 0 Å². The lowest BCUT2D eigenvalue weighted by Crippen LogP contribution is -2.33. The molecule has 1 aliphatic rings. The van der Waals surface area contributed by atoms with E-state index in [0.717, 1.165) is 23.7 Å². The van der Waals surface area contributed by atoms with Crippen LogP contribution in [0.4, 0.5) is 0 Å². The lowest BCUT2D eigenvalue weighted by molar-refractivity contribution is 0.0901. The van der Waals surface area contributed by atoms with Gasteiger partial charge in [-0.15, -0.1) is 0 Å². The van der Waals surface area contributed by atoms with Gasteiger partial charge in [0.15, 0.2) is 0 Å². The average Bonchev–Trinajstić information content (AvgIpc) is 3.13. The van der Waals surface area contributed by atoms with Gasteiger partial charge in [-0.2, -0.15) is 0 Å². The van der Waals surface area contributed by atoms with Gasteiger partial charge in [-0.05, 0) is 43.0 Å². The zero-order valence-corrected chi connectivity index (χ0v) is 10.0. The molecule has 4 nitrogen and oxygen atoms in total. The molecule has 0 bridgehead atoms. The van der Waals surface area contributed by atoms with Gasteiger partial charge in [-0.25, -0.2) is 0 Å². The Bertz CT molecular complexity index is 572. The van der Waals surface area contributed by atoms with Crippen molar-refractivity contribution >= 4 is 16.8 Å². The highest BCUT2D eigenvalue weighted by atomic mass is 16.3. The zero-order chi connectivity index (χ0) is 12.5. The van der Waals surface area contributed by atoms with E-state index < -0.39 is 6.10 Å². The number of nitrogens with one attached hydrogen (secondary N) is 2. The number of hydrogen-bond acceptors (Lipinski definition) is 2. The van der Waals surface area contributed by atoms with Gasteiger partial charge in [-0.3, -0.25) is 4.79 Å². The molecule has 2 aromatic rings. The van der Waals surface area contributed by atoms with Crippen LogP contribution in [0, 0.1) is 5.92 Å². The van der Waals surface area contributed by atoms with E-state index >= 15 is 0 Å². The first-order valence-electron chi connectivity index (χ1n) is 6.27. The maximum Gasteiger partial charge on any atom is 0.251 e. The summed E-state index contributed by atoms with van der Waals surface area (Å²) < 4.78 is 0. The van der Waals surface area contributed by atoms with Gasteiger partial charge in [0.25, 0.3) is 5.91 Å². The van der Waals surface area contributed by atoms with Crippen molar-refractivity contribution in [2.45, 2.75) is 18.9 Å². The summed E-state index contributed by atoms with van der Waals surface area (Å²) in [5.74, 6) is 0.259. The van der Waals surface area contributed by atoms with E-state index in [4.69, 9.17) is 0 Å². The maximum absolute atomic E-state index is 11.9. The van der Waals surface area contributed by atoms with Crippen LogP contribution in [-0.2, 0) is 0 Å². The topological polar surface area (TPSA) is 65.1 Å². The molecule has 4 heteroatoms. The number of amides is 1. The molecule has 0 spiro atoms. The minimum Gasteiger partial charge on any atom is -0.391 e. The minimum absolute atomic E-state index is 0.127. The Morgan fingerprint density at radius 1 is 1.44 bits per heavy atom. The first-order chi connectivity index (χ1) is 8.74. The number of H-pyrrole nitrogens is 1. The van der Waals surface area contributed by atoms with Crippen LogP contribution in [0.3, 0.4) is 0 Å². The van der Waals surface area contributed by atoms with E-state index in [2.05, 4.69) is 10.3 Å². The Morgan fingerprint density at radius 2 is 2.28 bits per heavy atom. The number of carbonyl (C=O) groups is 1. The van der Waals surface area contributed by atoms with Gasteiger partial charge in [0, 0.05) is 29.2 Å². The number of carbonyl (C=O) groups excluding carboxylic acids is 1. The normalized spacial score (nSPS) is 16.7. The molecule has 18 heavy (non-hydrogen) atoms. The lowest BCUT2D eigenvalue weighted by Gasteiger charge is -2.10. The van der Waals surface area contributed by atoms with Crippen molar-refractivity contribution in [3.63, 3.8) is 0 Å². The molecule has 3 rings (SSSR count). The monoisotopic (exact) mass is 244 g/mol. The summed E-state index contributed by atoms with van der Waals surface area (Å²) in [6.07, 6.45) is 3.60. The third-order valence-corrected chi connectivity index (χ3v) is 3.45. The number of aliphatic hydroxyl groups is 1. The summed E-state index contributed by atoms with van der Waals surface area (Å²) >= 11 is 0. The lowest BCUT2D eigenvalue weighted by atomic mass is 10.1. The summed E-state index contributed by atoms with van der Waals surface area (Å²) in [7, 11) is 0. The molecule has 1 amide bonds. The van der Waals surface area contributed by atoms with Crippen molar-refractivity contribution in [1.29, 1.82) is 0 Å². The molecule has 1 saturated carbocycles. The minimum atomic E-state index is -0.398. The highest BCUT2D eigenvalue weighted by molar-refractivity contribution is 5.98. The Kier molecular flexibility index (Phi) is 2.80. The summed E-state index contributed by atoms with van der Waals surface area (Å²) in [5.41, 5.74) is 1.65. The Labute approximate surface area is 105 Å². The molecule has 3 N–H and O–H groups in total. The SMILES string of the molecule is O=C(NCC(O)C1CC1)c1ccc2[nH]ccc2c1. The number of fused-ring (bicyclic) bond motifs is 1. The standard InChI is InChI=1S/C14H16N2O2/c17-13(9-1-2-9)8-16-14(18)11-3-4-12-10(7-11)5-6-15-12/h3-7,9,13,15,17H,1-2,8H2,(H,16,18). The van der Waals surface area contributed by atoms with Crippen molar-refractivity contribution in [2.75, 3.05) is 6.54 Å². The van der Waals surface area contributed by atoms with Crippen molar-refractivity contribution < 1.29 is 9.90 Å². The van der Waals surface area contributed by atoms with Crippen LogP contribution < -0.4 is 5.32 Å². The average molecular weight is 244 g/mol. The van der Waals surface area contributed by atoms with Crippen molar-refractivity contribution in [1.82, 2.24) is 10.3 Å². The number of aromatic nitrogens is 1. The molecule has 0 aliphatic heterocycles. The number of hydrogen-bond donors (Lipinski definition) is 3. The van der Waals surface area contributed by atoms with Crippen LogP contribution in [0.25, 0.3) is 10.9 Å². The van der Waals surface area contributed by atoms with Gasteiger partial charge < -0.3 is 15.4 Å². The third kappa shape index (κ3) is 2.24. The van der Waals surface area contributed by atoms with E-state index in [-0.39, 0.29) is 5.91 Å². The van der Waals surface area contributed by atoms with Crippen molar-refractivity contribution in [3.8, 4) is 0 Å². The predicted molar refractivity (Wildman–Crippen MR) is 69.4 cm³/mol. The second kappa shape index (κ2) is 4.46. The third-order valence-electron chi connectivity index (χ3n) is 3.45. The molecule has 1 heterocycles. The largest absolute Gasteiger partial charge is 0.391 e. The zero-order valence-electron chi connectivity index (χ0n) is 10.0. The van der Waals surface area contributed by atoms with Gasteiger partial charge in [0.05, 0.1) is 6.10 Å². The fourth-order valence-electron chi connectivity index (χ4n) is 2.14. The molecule has 1 atom stereocenters. The fourth-order valence-corrected chi connectivity index (χ4v) is 2.14. The predicted octanol–water partition coefficient (Wildman–Crippen LogP) is 1.67. The van der Waals surface area contributed by atoms with Crippen molar-refractivity contribution in [3.05, 3.63) is 36.0 Å². The Morgan fingerprint density at radius 3 is 3.06 bits per heavy atom. The van der Waals surface area contributed by atoms with Crippen LogP contribution in [-0.4, -0.2) is 28.6 Å². The van der Waals surface area contributed by atoms with Crippen LogP contribution in [0.5, 0.6) is 0 Å². The van der Waals surface area contributed by atoms with Gasteiger partial charge >= 0.3 is 0 Å². The van der Waals surface area contributed by atoms with Crippen LogP contribution in [0.15, 0.2) is 30.5 Å². The molecule has 1 aromatic carbocycles. The molecular formula is C14H16N2O2. The second-order valence-corrected chi connectivity index (χ2v) is 4.89. The van der Waals surface area contributed by atoms with Crippen LogP contribution in [0.1, 0.15) is 23.2 Å². The molecule has 1 fully saturated rings. The van der Waals surface area contributed by atoms with Gasteiger partial charge in [0.2, 0.25) is 0 Å². The number of aromatic amines is 1. The van der Waals surface area contributed by atoms with Crippen molar-refractivity contribution in [2.24, 2.45) is 5.92 Å². The van der Waals surface area contributed by atoms with Crippen LogP contribution in [0.2, 0.25) is 0 Å². The molecule has 1 unspecified atom stereocenters.